The lowest BCUT2D eigenvalue weighted by Gasteiger charge is -2.35. The molecule has 0 bridgehead atoms. The molecule has 0 amide bonds. The molecule has 1 aromatic heterocycles. The van der Waals surface area contributed by atoms with Crippen LogP contribution in [0.25, 0.3) is 0 Å². The van der Waals surface area contributed by atoms with Crippen LogP contribution in [0, 0.1) is 0 Å². The first-order valence-electron chi connectivity index (χ1n) is 6.02. The number of hydrogen-bond donors (Lipinski definition) is 0. The molecule has 10 heteroatoms. The van der Waals surface area contributed by atoms with Gasteiger partial charge in [0.2, 0.25) is 10.0 Å². The van der Waals surface area contributed by atoms with Crippen LogP contribution in [0.3, 0.4) is 0 Å². The summed E-state index contributed by atoms with van der Waals surface area (Å²) < 4.78 is 63.5. The molecule has 5 nitrogen and oxygen atoms in total. The first kappa shape index (κ1) is 16.5. The maximum absolute atomic E-state index is 13.1. The summed E-state index contributed by atoms with van der Waals surface area (Å²) in [6.07, 6.45) is -2.13. The molecule has 1 fully saturated rings. The maximum atomic E-state index is 13.1. The highest BCUT2D eigenvalue weighted by atomic mass is 79.9. The standard InChI is InChI=1S/C11H13BrF3N3O2S/c1-21(19,20)18-4-2-17(3-5-18)10-9(11(13,14)15)6-8(12)7-16-10/h6-7H,2-5H2,1H3. The molecule has 118 valence electrons. The molecule has 0 spiro atoms. The first-order chi connectivity index (χ1) is 9.59. The van der Waals surface area contributed by atoms with E-state index < -0.39 is 21.8 Å². The number of aromatic nitrogens is 1. The predicted molar refractivity (Wildman–Crippen MR) is 75.6 cm³/mol. The molecule has 1 aliphatic heterocycles. The number of sulfonamides is 1. The fourth-order valence-corrected chi connectivity index (χ4v) is 3.28. The van der Waals surface area contributed by atoms with Crippen molar-refractivity contribution in [2.75, 3.05) is 37.3 Å². The van der Waals surface area contributed by atoms with Crippen LogP contribution in [0.4, 0.5) is 19.0 Å². The van der Waals surface area contributed by atoms with E-state index in [1.165, 1.54) is 15.4 Å². The molecule has 2 heterocycles. The Labute approximate surface area is 128 Å². The van der Waals surface area contributed by atoms with Crippen LogP contribution in [0.15, 0.2) is 16.7 Å². The van der Waals surface area contributed by atoms with Gasteiger partial charge in [-0.2, -0.15) is 17.5 Å². The van der Waals surface area contributed by atoms with Crippen LogP contribution >= 0.6 is 15.9 Å². The predicted octanol–water partition coefficient (Wildman–Crippen LogP) is 1.94. The molecule has 0 saturated carbocycles. The summed E-state index contributed by atoms with van der Waals surface area (Å²) in [5.74, 6) is -0.168. The van der Waals surface area contributed by atoms with E-state index in [1.54, 1.807) is 0 Å². The first-order valence-corrected chi connectivity index (χ1v) is 8.66. The van der Waals surface area contributed by atoms with Crippen LogP contribution in [0.5, 0.6) is 0 Å². The Morgan fingerprint density at radius 3 is 2.29 bits per heavy atom. The highest BCUT2D eigenvalue weighted by Crippen LogP contribution is 2.37. The zero-order valence-corrected chi connectivity index (χ0v) is 13.5. The number of halogens is 4. The fourth-order valence-electron chi connectivity index (χ4n) is 2.12. The summed E-state index contributed by atoms with van der Waals surface area (Å²) in [4.78, 5) is 5.30. The lowest BCUT2D eigenvalue weighted by molar-refractivity contribution is -0.137. The van der Waals surface area contributed by atoms with Crippen molar-refractivity contribution in [3.8, 4) is 0 Å². The second-order valence-electron chi connectivity index (χ2n) is 4.67. The van der Waals surface area contributed by atoms with Gasteiger partial charge in [-0.05, 0) is 22.0 Å². The molecule has 0 N–H and O–H groups in total. The number of anilines is 1. The minimum atomic E-state index is -4.51. The topological polar surface area (TPSA) is 53.5 Å². The van der Waals surface area contributed by atoms with Gasteiger partial charge in [-0.3, -0.25) is 0 Å². The molecule has 1 aliphatic rings. The monoisotopic (exact) mass is 387 g/mol. The highest BCUT2D eigenvalue weighted by molar-refractivity contribution is 9.10. The smallest absolute Gasteiger partial charge is 0.353 e. The minimum Gasteiger partial charge on any atom is -0.353 e. The number of rotatable bonds is 2. The fraction of sp³-hybridized carbons (Fsp3) is 0.545. The van der Waals surface area contributed by atoms with Gasteiger partial charge in [0.25, 0.3) is 0 Å². The normalized spacial score (nSPS) is 18.0. The quantitative estimate of drug-likeness (QED) is 0.777. The van der Waals surface area contributed by atoms with E-state index in [0.29, 0.717) is 0 Å². The Bertz CT molecular complexity index is 628. The Hall–Kier alpha value is -0.870. The van der Waals surface area contributed by atoms with Crippen molar-refractivity contribution in [1.29, 1.82) is 0 Å². The average molecular weight is 388 g/mol. The zero-order chi connectivity index (χ0) is 15.8. The average Bonchev–Trinajstić information content (AvgIpc) is 2.37. The highest BCUT2D eigenvalue weighted by Gasteiger charge is 2.37. The van der Waals surface area contributed by atoms with E-state index in [0.717, 1.165) is 12.3 Å². The SMILES string of the molecule is CS(=O)(=O)N1CCN(c2ncc(Br)cc2C(F)(F)F)CC1. The van der Waals surface area contributed by atoms with E-state index in [9.17, 15) is 21.6 Å². The van der Waals surface area contributed by atoms with Gasteiger partial charge in [0.05, 0.1) is 11.8 Å². The summed E-state index contributed by atoms with van der Waals surface area (Å²) >= 11 is 2.98. The molecule has 0 radical (unpaired) electrons. The van der Waals surface area contributed by atoms with Gasteiger partial charge >= 0.3 is 6.18 Å². The number of alkyl halides is 3. The third kappa shape index (κ3) is 3.86. The van der Waals surface area contributed by atoms with Gasteiger partial charge < -0.3 is 4.90 Å². The van der Waals surface area contributed by atoms with Crippen molar-refractivity contribution in [3.05, 3.63) is 22.3 Å². The Morgan fingerprint density at radius 1 is 1.24 bits per heavy atom. The molecule has 0 atom stereocenters. The van der Waals surface area contributed by atoms with Crippen LogP contribution in [-0.4, -0.2) is 50.1 Å². The van der Waals surface area contributed by atoms with E-state index in [2.05, 4.69) is 20.9 Å². The summed E-state index contributed by atoms with van der Waals surface area (Å²) in [5.41, 5.74) is -0.829. The zero-order valence-electron chi connectivity index (χ0n) is 11.1. The van der Waals surface area contributed by atoms with E-state index in [4.69, 9.17) is 0 Å². The van der Waals surface area contributed by atoms with Crippen LogP contribution in [-0.2, 0) is 16.2 Å². The van der Waals surface area contributed by atoms with Crippen molar-refractivity contribution >= 4 is 31.8 Å². The van der Waals surface area contributed by atoms with Crippen molar-refractivity contribution in [2.45, 2.75) is 6.18 Å². The molecular formula is C11H13BrF3N3O2S. The second kappa shape index (κ2) is 5.73. The van der Waals surface area contributed by atoms with Crippen LogP contribution in [0.2, 0.25) is 0 Å². The molecule has 21 heavy (non-hydrogen) atoms. The largest absolute Gasteiger partial charge is 0.419 e. The third-order valence-electron chi connectivity index (χ3n) is 3.15. The van der Waals surface area contributed by atoms with Crippen molar-refractivity contribution in [2.24, 2.45) is 0 Å². The molecular weight excluding hydrogens is 375 g/mol. The molecule has 0 unspecified atom stereocenters. The summed E-state index contributed by atoms with van der Waals surface area (Å²) in [6, 6.07) is 0.977. The Morgan fingerprint density at radius 2 is 1.81 bits per heavy atom. The second-order valence-corrected chi connectivity index (χ2v) is 7.57. The van der Waals surface area contributed by atoms with Gasteiger partial charge in [-0.25, -0.2) is 13.4 Å². The number of nitrogens with zero attached hydrogens (tertiary/aromatic N) is 3. The van der Waals surface area contributed by atoms with E-state index in [-0.39, 0.29) is 36.5 Å². The Balaban J connectivity index is 2.25. The molecule has 1 aromatic rings. The van der Waals surface area contributed by atoms with Gasteiger partial charge in [-0.15, -0.1) is 0 Å². The maximum Gasteiger partial charge on any atom is 0.419 e. The number of hydrogen-bond acceptors (Lipinski definition) is 4. The molecule has 0 aliphatic carbocycles. The van der Waals surface area contributed by atoms with Gasteiger partial charge in [0, 0.05) is 36.8 Å². The van der Waals surface area contributed by atoms with Gasteiger partial charge in [-0.1, -0.05) is 0 Å². The molecule has 0 aromatic carbocycles. The lowest BCUT2D eigenvalue weighted by atomic mass is 10.2. The third-order valence-corrected chi connectivity index (χ3v) is 4.88. The van der Waals surface area contributed by atoms with E-state index in [1.807, 2.05) is 0 Å². The minimum absolute atomic E-state index is 0.147. The van der Waals surface area contributed by atoms with E-state index >= 15 is 0 Å². The summed E-state index contributed by atoms with van der Waals surface area (Å²) in [6.45, 7) is 0.636. The number of pyridine rings is 1. The van der Waals surface area contributed by atoms with Crippen LogP contribution in [0.1, 0.15) is 5.56 Å². The Kier molecular flexibility index (Phi) is 4.50. The van der Waals surface area contributed by atoms with Crippen molar-refractivity contribution in [3.63, 3.8) is 0 Å². The summed E-state index contributed by atoms with van der Waals surface area (Å²) in [7, 11) is -3.32. The van der Waals surface area contributed by atoms with Crippen molar-refractivity contribution in [1.82, 2.24) is 9.29 Å². The lowest BCUT2D eigenvalue weighted by Crippen LogP contribution is -2.49. The number of piperazine rings is 1. The molecule has 1 saturated heterocycles. The van der Waals surface area contributed by atoms with Crippen LogP contribution < -0.4 is 4.90 Å². The van der Waals surface area contributed by atoms with Crippen molar-refractivity contribution < 1.29 is 21.6 Å². The van der Waals surface area contributed by atoms with Gasteiger partial charge in [0.15, 0.2) is 0 Å². The summed E-state index contributed by atoms with van der Waals surface area (Å²) in [5, 5.41) is 0. The molecule has 2 rings (SSSR count). The van der Waals surface area contributed by atoms with Gasteiger partial charge in [0.1, 0.15) is 5.82 Å².